The highest BCUT2D eigenvalue weighted by Gasteiger charge is 2.19. The monoisotopic (exact) mass is 250 g/mol. The van der Waals surface area contributed by atoms with Crippen molar-refractivity contribution in [2.75, 3.05) is 0 Å². The highest BCUT2D eigenvalue weighted by molar-refractivity contribution is 7.08. The van der Waals surface area contributed by atoms with Gasteiger partial charge in [-0.15, -0.1) is 0 Å². The van der Waals surface area contributed by atoms with Gasteiger partial charge in [0.15, 0.2) is 0 Å². The number of thiophene rings is 1. The van der Waals surface area contributed by atoms with E-state index in [4.69, 9.17) is 5.11 Å². The Morgan fingerprint density at radius 2 is 2.18 bits per heavy atom. The van der Waals surface area contributed by atoms with Crippen LogP contribution in [0.15, 0.2) is 10.8 Å². The Morgan fingerprint density at radius 1 is 1.47 bits per heavy atom. The summed E-state index contributed by atoms with van der Waals surface area (Å²) < 4.78 is 1.90. The number of hydrogen-bond acceptors (Lipinski definition) is 3. The first-order chi connectivity index (χ1) is 8.06. The van der Waals surface area contributed by atoms with E-state index >= 15 is 0 Å². The number of aryl methyl sites for hydroxylation is 2. The molecule has 0 fully saturated rings. The molecule has 2 heterocycles. The molecular formula is C12H14N2O2S. The van der Waals surface area contributed by atoms with Crippen LogP contribution in [0.3, 0.4) is 0 Å². The molecule has 2 rings (SSSR count). The maximum atomic E-state index is 11.1. The van der Waals surface area contributed by atoms with E-state index in [-0.39, 0.29) is 0 Å². The van der Waals surface area contributed by atoms with Crippen molar-refractivity contribution in [2.24, 2.45) is 0 Å². The van der Waals surface area contributed by atoms with Gasteiger partial charge in [-0.2, -0.15) is 16.4 Å². The molecule has 0 amide bonds. The second-order valence-corrected chi connectivity index (χ2v) is 4.61. The van der Waals surface area contributed by atoms with E-state index in [1.165, 1.54) is 11.3 Å². The van der Waals surface area contributed by atoms with E-state index in [1.807, 2.05) is 30.8 Å². The lowest BCUT2D eigenvalue weighted by Gasteiger charge is -2.02. The molecule has 0 atom stereocenters. The third-order valence-electron chi connectivity index (χ3n) is 2.84. The maximum Gasteiger partial charge on any atom is 0.337 e. The Kier molecular flexibility index (Phi) is 3.02. The van der Waals surface area contributed by atoms with Crippen molar-refractivity contribution in [2.45, 2.75) is 27.3 Å². The molecule has 4 nitrogen and oxygen atoms in total. The predicted octanol–water partition coefficient (Wildman–Crippen LogP) is 2.95. The zero-order chi connectivity index (χ0) is 12.6. The van der Waals surface area contributed by atoms with Crippen LogP contribution in [0.4, 0.5) is 0 Å². The number of aromatic nitrogens is 2. The lowest BCUT2D eigenvalue weighted by molar-refractivity contribution is 0.0698. The third kappa shape index (κ3) is 1.86. The molecule has 2 aromatic rings. The Labute approximate surface area is 104 Å². The molecule has 0 radical (unpaired) electrons. The fourth-order valence-corrected chi connectivity index (χ4v) is 2.86. The number of carboxylic acids is 1. The lowest BCUT2D eigenvalue weighted by atomic mass is 10.0. The molecule has 0 aromatic carbocycles. The molecule has 0 spiro atoms. The molecular weight excluding hydrogens is 236 g/mol. The molecule has 0 bridgehead atoms. The van der Waals surface area contributed by atoms with Crippen LogP contribution in [0.1, 0.15) is 28.7 Å². The fraction of sp³-hybridized carbons (Fsp3) is 0.333. The number of carboxylic acid groups (broad SMARTS) is 1. The predicted molar refractivity (Wildman–Crippen MR) is 67.6 cm³/mol. The zero-order valence-electron chi connectivity index (χ0n) is 10.0. The smallest absolute Gasteiger partial charge is 0.337 e. The molecule has 0 aliphatic rings. The Hall–Kier alpha value is -1.62. The molecule has 1 N–H and O–H groups in total. The standard InChI is InChI=1S/C12H14N2O2S/c1-4-14-8(3)11(7(2)13-14)9-5-17-6-10(9)12(15)16/h5-6H,4H2,1-3H3,(H,15,16). The largest absolute Gasteiger partial charge is 0.478 e. The average molecular weight is 250 g/mol. The summed E-state index contributed by atoms with van der Waals surface area (Å²) in [7, 11) is 0. The summed E-state index contributed by atoms with van der Waals surface area (Å²) >= 11 is 1.41. The number of aromatic carboxylic acids is 1. The molecule has 17 heavy (non-hydrogen) atoms. The van der Waals surface area contributed by atoms with Crippen molar-refractivity contribution in [3.05, 3.63) is 27.7 Å². The summed E-state index contributed by atoms with van der Waals surface area (Å²) in [6, 6.07) is 0. The van der Waals surface area contributed by atoms with Crippen LogP contribution < -0.4 is 0 Å². The fourth-order valence-electron chi connectivity index (χ4n) is 2.05. The van der Waals surface area contributed by atoms with E-state index in [0.717, 1.165) is 29.1 Å². The van der Waals surface area contributed by atoms with Crippen molar-refractivity contribution in [1.82, 2.24) is 9.78 Å². The molecule has 0 saturated heterocycles. The van der Waals surface area contributed by atoms with Crippen LogP contribution in [-0.2, 0) is 6.54 Å². The zero-order valence-corrected chi connectivity index (χ0v) is 10.8. The average Bonchev–Trinajstić information content (AvgIpc) is 2.83. The normalized spacial score (nSPS) is 10.8. The molecule has 0 aliphatic heterocycles. The second kappa shape index (κ2) is 4.33. The van der Waals surface area contributed by atoms with E-state index in [2.05, 4.69) is 5.10 Å². The molecule has 5 heteroatoms. The molecule has 2 aromatic heterocycles. The van der Waals surface area contributed by atoms with Gasteiger partial charge in [0, 0.05) is 28.7 Å². The third-order valence-corrected chi connectivity index (χ3v) is 3.59. The Morgan fingerprint density at radius 3 is 2.71 bits per heavy atom. The van der Waals surface area contributed by atoms with Crippen molar-refractivity contribution < 1.29 is 9.90 Å². The van der Waals surface area contributed by atoms with Crippen LogP contribution >= 0.6 is 11.3 Å². The highest BCUT2D eigenvalue weighted by Crippen LogP contribution is 2.32. The van der Waals surface area contributed by atoms with Gasteiger partial charge >= 0.3 is 5.97 Å². The molecule has 0 unspecified atom stereocenters. The van der Waals surface area contributed by atoms with Gasteiger partial charge in [0.2, 0.25) is 0 Å². The van der Waals surface area contributed by atoms with Crippen molar-refractivity contribution in [3.63, 3.8) is 0 Å². The Balaban J connectivity index is 2.64. The van der Waals surface area contributed by atoms with Crippen LogP contribution in [0, 0.1) is 13.8 Å². The number of carbonyl (C=O) groups is 1. The maximum absolute atomic E-state index is 11.1. The summed E-state index contributed by atoms with van der Waals surface area (Å²) in [6.07, 6.45) is 0. The van der Waals surface area contributed by atoms with Crippen LogP contribution in [-0.4, -0.2) is 20.9 Å². The van der Waals surface area contributed by atoms with Crippen molar-refractivity contribution in [1.29, 1.82) is 0 Å². The minimum atomic E-state index is -0.885. The van der Waals surface area contributed by atoms with E-state index in [9.17, 15) is 4.79 Å². The second-order valence-electron chi connectivity index (χ2n) is 3.87. The Bertz CT molecular complexity index is 569. The minimum Gasteiger partial charge on any atom is -0.478 e. The quantitative estimate of drug-likeness (QED) is 0.911. The van der Waals surface area contributed by atoms with Crippen LogP contribution in [0.25, 0.3) is 11.1 Å². The SMILES string of the molecule is CCn1nc(C)c(-c2cscc2C(=O)O)c1C. The number of hydrogen-bond donors (Lipinski definition) is 1. The van der Waals surface area contributed by atoms with Gasteiger partial charge in [0.1, 0.15) is 0 Å². The van der Waals surface area contributed by atoms with Gasteiger partial charge in [-0.25, -0.2) is 4.79 Å². The van der Waals surface area contributed by atoms with Gasteiger partial charge in [0.05, 0.1) is 11.3 Å². The van der Waals surface area contributed by atoms with Gasteiger partial charge in [-0.3, -0.25) is 4.68 Å². The first kappa shape index (κ1) is 11.9. The first-order valence-electron chi connectivity index (χ1n) is 5.40. The number of rotatable bonds is 3. The summed E-state index contributed by atoms with van der Waals surface area (Å²) in [5, 5.41) is 17.1. The summed E-state index contributed by atoms with van der Waals surface area (Å²) in [6.45, 7) is 6.70. The highest BCUT2D eigenvalue weighted by atomic mass is 32.1. The van der Waals surface area contributed by atoms with Gasteiger partial charge in [-0.1, -0.05) is 0 Å². The van der Waals surface area contributed by atoms with Gasteiger partial charge in [-0.05, 0) is 26.2 Å². The topological polar surface area (TPSA) is 55.1 Å². The summed E-state index contributed by atoms with van der Waals surface area (Å²) in [5.74, 6) is -0.885. The molecule has 90 valence electrons. The first-order valence-corrected chi connectivity index (χ1v) is 6.34. The van der Waals surface area contributed by atoms with Crippen molar-refractivity contribution in [3.8, 4) is 11.1 Å². The van der Waals surface area contributed by atoms with E-state index in [1.54, 1.807) is 5.38 Å². The molecule has 0 aliphatic carbocycles. The van der Waals surface area contributed by atoms with Gasteiger partial charge < -0.3 is 5.11 Å². The number of nitrogens with zero attached hydrogens (tertiary/aromatic N) is 2. The molecule has 0 saturated carbocycles. The minimum absolute atomic E-state index is 0.358. The van der Waals surface area contributed by atoms with Crippen LogP contribution in [0.5, 0.6) is 0 Å². The van der Waals surface area contributed by atoms with Crippen LogP contribution in [0.2, 0.25) is 0 Å². The van der Waals surface area contributed by atoms with Crippen molar-refractivity contribution >= 4 is 17.3 Å². The van der Waals surface area contributed by atoms with Gasteiger partial charge in [0.25, 0.3) is 0 Å². The van der Waals surface area contributed by atoms with E-state index < -0.39 is 5.97 Å². The lowest BCUT2D eigenvalue weighted by Crippen LogP contribution is -1.99. The summed E-state index contributed by atoms with van der Waals surface area (Å²) in [4.78, 5) is 11.1. The van der Waals surface area contributed by atoms with E-state index in [0.29, 0.717) is 5.56 Å². The summed E-state index contributed by atoms with van der Waals surface area (Å²) in [5.41, 5.74) is 3.98.